The van der Waals surface area contributed by atoms with Gasteiger partial charge in [0.15, 0.2) is 0 Å². The first kappa shape index (κ1) is 6.47. The second-order valence-corrected chi connectivity index (χ2v) is 6.12. The van der Waals surface area contributed by atoms with Crippen LogP contribution in [0.1, 0.15) is 0 Å². The molecule has 0 aliphatic carbocycles. The molecular formula is C2H3Cl2FSi. The molecule has 4 heteroatoms. The molecule has 0 spiro atoms. The Kier molecular flexibility index (Phi) is 2.11. The van der Waals surface area contributed by atoms with Crippen molar-refractivity contribution in [3.05, 3.63) is 12.3 Å². The highest BCUT2D eigenvalue weighted by Gasteiger charge is 2.21. The molecule has 0 radical (unpaired) electrons. The Morgan fingerprint density at radius 3 is 1.83 bits per heavy atom. The Hall–Kier alpha value is 0.467. The fourth-order valence-corrected chi connectivity index (χ4v) is 0. The topological polar surface area (TPSA) is 0 Å². The van der Waals surface area contributed by atoms with Gasteiger partial charge in [-0.15, -0.1) is 28.7 Å². The normalized spacial score (nSPS) is 11.2. The van der Waals surface area contributed by atoms with Crippen LogP contribution in [0.4, 0.5) is 4.11 Å². The molecule has 0 bridgehead atoms. The molecule has 0 aliphatic heterocycles. The predicted octanol–water partition coefficient (Wildman–Crippen LogP) is 2.10. The molecule has 0 aromatic rings. The summed E-state index contributed by atoms with van der Waals surface area (Å²) in [6, 6.07) is 0. The average molecular weight is 145 g/mol. The molecule has 0 rings (SSSR count). The molecule has 0 nitrogen and oxygen atoms in total. The summed E-state index contributed by atoms with van der Waals surface area (Å²) in [5.41, 5.74) is 0.941. The molecule has 0 atom stereocenters. The highest BCUT2D eigenvalue weighted by Crippen LogP contribution is 2.15. The summed E-state index contributed by atoms with van der Waals surface area (Å²) in [5, 5.41) is 0. The molecule has 0 N–H and O–H groups in total. The maximum absolute atomic E-state index is 11.7. The SMILES string of the molecule is C=C[Si](F)(Cl)Cl. The van der Waals surface area contributed by atoms with Crippen molar-refractivity contribution in [1.82, 2.24) is 0 Å². The van der Waals surface area contributed by atoms with Gasteiger partial charge in [-0.3, -0.25) is 4.11 Å². The van der Waals surface area contributed by atoms with E-state index in [0.717, 1.165) is 5.70 Å². The van der Waals surface area contributed by atoms with Crippen LogP contribution in [-0.2, 0) is 0 Å². The van der Waals surface area contributed by atoms with Crippen LogP contribution >= 0.6 is 22.2 Å². The monoisotopic (exact) mass is 144 g/mol. The standard InChI is InChI=1S/C2H3Cl2FSi/c1-2-6(3,4)5/h2H,1H2. The third-order valence-electron chi connectivity index (χ3n) is 0.231. The lowest BCUT2D eigenvalue weighted by molar-refractivity contribution is 0.863. The van der Waals surface area contributed by atoms with E-state index >= 15 is 0 Å². The van der Waals surface area contributed by atoms with E-state index in [2.05, 4.69) is 6.58 Å². The van der Waals surface area contributed by atoms with E-state index in [1.165, 1.54) is 0 Å². The Bertz CT molecular complexity index is 57.1. The molecule has 0 fully saturated rings. The van der Waals surface area contributed by atoms with E-state index in [1.54, 1.807) is 0 Å². The van der Waals surface area contributed by atoms with Gasteiger partial charge in [0.1, 0.15) is 0 Å². The predicted molar refractivity (Wildman–Crippen MR) is 28.8 cm³/mol. The highest BCUT2D eigenvalue weighted by atomic mass is 35.7. The zero-order chi connectivity index (χ0) is 5.21. The fraction of sp³-hybridized carbons (Fsp3) is 0. The van der Waals surface area contributed by atoms with Gasteiger partial charge in [0.05, 0.1) is 0 Å². The smallest absolute Gasteiger partial charge is 0.267 e. The third kappa shape index (κ3) is 4.47. The van der Waals surface area contributed by atoms with Crippen molar-refractivity contribution in [1.29, 1.82) is 0 Å². The van der Waals surface area contributed by atoms with Crippen molar-refractivity contribution >= 4 is 29.2 Å². The first-order valence-corrected chi connectivity index (χ1v) is 5.24. The fourth-order valence-electron chi connectivity index (χ4n) is 0. The van der Waals surface area contributed by atoms with Crippen molar-refractivity contribution in [3.8, 4) is 0 Å². The molecule has 0 unspecified atom stereocenters. The van der Waals surface area contributed by atoms with E-state index in [1.807, 2.05) is 0 Å². The maximum Gasteiger partial charge on any atom is 0.457 e. The second kappa shape index (κ2) is 1.96. The van der Waals surface area contributed by atoms with Crippen LogP contribution < -0.4 is 0 Å². The van der Waals surface area contributed by atoms with Crippen LogP contribution in [0.2, 0.25) is 0 Å². The first-order chi connectivity index (χ1) is 2.56. The van der Waals surface area contributed by atoms with Gasteiger partial charge >= 0.3 is 7.03 Å². The molecule has 0 aliphatic rings. The Labute approximate surface area is 46.2 Å². The summed E-state index contributed by atoms with van der Waals surface area (Å²) in [6.45, 7) is 3.05. The quantitative estimate of drug-likeness (QED) is 0.391. The average Bonchev–Trinajstić information content (AvgIpc) is 1.35. The van der Waals surface area contributed by atoms with Crippen molar-refractivity contribution in [2.75, 3.05) is 0 Å². The summed E-state index contributed by atoms with van der Waals surface area (Å²) in [7, 11) is -3.42. The van der Waals surface area contributed by atoms with E-state index in [4.69, 9.17) is 22.2 Å². The number of halogens is 3. The molecule has 6 heavy (non-hydrogen) atoms. The lowest BCUT2D eigenvalue weighted by Gasteiger charge is -1.90. The van der Waals surface area contributed by atoms with E-state index < -0.39 is 7.03 Å². The molecule has 0 heterocycles. The Morgan fingerprint density at radius 1 is 1.67 bits per heavy atom. The van der Waals surface area contributed by atoms with Crippen molar-refractivity contribution in [2.45, 2.75) is 0 Å². The molecule has 0 aromatic heterocycles. The van der Waals surface area contributed by atoms with Crippen LogP contribution in [0, 0.1) is 0 Å². The molecule has 0 saturated carbocycles. The zero-order valence-corrected chi connectivity index (χ0v) is 5.43. The number of hydrogen-bond acceptors (Lipinski definition) is 0. The first-order valence-electron chi connectivity index (χ1n) is 1.26. The summed E-state index contributed by atoms with van der Waals surface area (Å²) in [6.07, 6.45) is 0. The van der Waals surface area contributed by atoms with Crippen molar-refractivity contribution < 1.29 is 4.11 Å². The van der Waals surface area contributed by atoms with Gasteiger partial charge in [0.25, 0.3) is 0 Å². The van der Waals surface area contributed by atoms with Crippen LogP contribution in [0.5, 0.6) is 0 Å². The summed E-state index contributed by atoms with van der Waals surface area (Å²) >= 11 is 9.67. The summed E-state index contributed by atoms with van der Waals surface area (Å²) < 4.78 is 11.7. The lowest BCUT2D eigenvalue weighted by Crippen LogP contribution is -2.03. The van der Waals surface area contributed by atoms with Gasteiger partial charge in [0, 0.05) is 0 Å². The molecule has 36 valence electrons. The zero-order valence-electron chi connectivity index (χ0n) is 2.92. The van der Waals surface area contributed by atoms with Gasteiger partial charge in [0.2, 0.25) is 0 Å². The third-order valence-corrected chi connectivity index (χ3v) is 1.62. The van der Waals surface area contributed by atoms with Crippen LogP contribution in [0.3, 0.4) is 0 Å². The van der Waals surface area contributed by atoms with E-state index in [-0.39, 0.29) is 0 Å². The van der Waals surface area contributed by atoms with Crippen molar-refractivity contribution in [3.63, 3.8) is 0 Å². The van der Waals surface area contributed by atoms with Crippen LogP contribution in [0.15, 0.2) is 12.3 Å². The minimum Gasteiger partial charge on any atom is -0.267 e. The minimum atomic E-state index is -3.42. The van der Waals surface area contributed by atoms with Crippen LogP contribution in [0.25, 0.3) is 0 Å². The lowest BCUT2D eigenvalue weighted by atomic mass is 11.3. The molecule has 0 aromatic carbocycles. The van der Waals surface area contributed by atoms with Gasteiger partial charge in [-0.25, -0.2) is 0 Å². The van der Waals surface area contributed by atoms with E-state index in [9.17, 15) is 4.11 Å². The van der Waals surface area contributed by atoms with Crippen molar-refractivity contribution in [2.24, 2.45) is 0 Å². The summed E-state index contributed by atoms with van der Waals surface area (Å²) in [5.74, 6) is 0. The number of rotatable bonds is 1. The summed E-state index contributed by atoms with van der Waals surface area (Å²) in [4.78, 5) is 0. The molecule has 0 saturated heterocycles. The maximum atomic E-state index is 11.7. The highest BCUT2D eigenvalue weighted by molar-refractivity contribution is 7.44. The largest absolute Gasteiger partial charge is 0.457 e. The van der Waals surface area contributed by atoms with Gasteiger partial charge in [-0.05, 0) is 5.70 Å². The number of hydrogen-bond donors (Lipinski definition) is 0. The van der Waals surface area contributed by atoms with Crippen LogP contribution in [-0.4, -0.2) is 7.03 Å². The van der Waals surface area contributed by atoms with E-state index in [0.29, 0.717) is 0 Å². The minimum absolute atomic E-state index is 0.941. The van der Waals surface area contributed by atoms with Gasteiger partial charge in [-0.1, -0.05) is 0 Å². The molecular weight excluding hydrogens is 142 g/mol. The Balaban J connectivity index is 3.45. The van der Waals surface area contributed by atoms with Gasteiger partial charge < -0.3 is 0 Å². The van der Waals surface area contributed by atoms with Gasteiger partial charge in [-0.2, -0.15) is 0 Å². The Morgan fingerprint density at radius 2 is 1.83 bits per heavy atom. The molecule has 0 amide bonds. The second-order valence-electron chi connectivity index (χ2n) is 0.746.